The Hall–Kier alpha value is -2.92. The van der Waals surface area contributed by atoms with Gasteiger partial charge in [0.05, 0.1) is 19.3 Å². The van der Waals surface area contributed by atoms with Gasteiger partial charge in [-0.05, 0) is 42.7 Å². The molecule has 1 saturated heterocycles. The van der Waals surface area contributed by atoms with Crippen LogP contribution in [0.2, 0.25) is 0 Å². The van der Waals surface area contributed by atoms with Crippen LogP contribution >= 0.6 is 0 Å². The number of hydrogen-bond donors (Lipinski definition) is 0. The predicted octanol–water partition coefficient (Wildman–Crippen LogP) is 4.77. The van der Waals surface area contributed by atoms with E-state index in [9.17, 15) is 9.59 Å². The summed E-state index contributed by atoms with van der Waals surface area (Å²) in [7, 11) is 0. The van der Waals surface area contributed by atoms with Crippen molar-refractivity contribution in [1.29, 1.82) is 0 Å². The number of benzene rings is 2. The van der Waals surface area contributed by atoms with Crippen molar-refractivity contribution in [1.82, 2.24) is 4.90 Å². The second-order valence-electron chi connectivity index (χ2n) is 8.28. The van der Waals surface area contributed by atoms with Gasteiger partial charge in [0.25, 0.3) is 0 Å². The fraction of sp³-hybridized carbons (Fsp3) is 0.385. The van der Waals surface area contributed by atoms with Crippen LogP contribution < -0.4 is 0 Å². The molecule has 1 saturated carbocycles. The molecule has 4 rings (SSSR count). The van der Waals surface area contributed by atoms with Crippen molar-refractivity contribution in [3.05, 3.63) is 83.9 Å². The molecule has 1 aliphatic heterocycles. The van der Waals surface area contributed by atoms with Crippen LogP contribution in [0.3, 0.4) is 0 Å². The fourth-order valence-electron chi connectivity index (χ4n) is 4.07. The molecule has 31 heavy (non-hydrogen) atoms. The number of carbonyl (C=O) groups excluding carboxylic acids is 2. The Morgan fingerprint density at radius 3 is 2.39 bits per heavy atom. The topological polar surface area (TPSA) is 55.8 Å². The zero-order valence-electron chi connectivity index (χ0n) is 17.7. The van der Waals surface area contributed by atoms with Crippen molar-refractivity contribution in [2.45, 2.75) is 38.3 Å². The number of imide groups is 1. The van der Waals surface area contributed by atoms with Crippen molar-refractivity contribution in [2.24, 2.45) is 11.8 Å². The van der Waals surface area contributed by atoms with Crippen LogP contribution in [0.1, 0.15) is 30.4 Å². The lowest BCUT2D eigenvalue weighted by Crippen LogP contribution is -2.44. The van der Waals surface area contributed by atoms with E-state index in [1.807, 2.05) is 72.8 Å². The van der Waals surface area contributed by atoms with Crippen LogP contribution in [0.4, 0.5) is 4.79 Å². The normalized spacial score (nSPS) is 19.5. The number of amides is 2. The Morgan fingerprint density at radius 1 is 1.03 bits per heavy atom. The quantitative estimate of drug-likeness (QED) is 0.411. The van der Waals surface area contributed by atoms with Gasteiger partial charge < -0.3 is 9.47 Å². The van der Waals surface area contributed by atoms with Gasteiger partial charge in [0.1, 0.15) is 6.61 Å². The van der Waals surface area contributed by atoms with Crippen LogP contribution in [0.15, 0.2) is 72.8 Å². The minimum absolute atomic E-state index is 0.0965. The second-order valence-corrected chi connectivity index (χ2v) is 8.28. The molecule has 2 aromatic carbocycles. The van der Waals surface area contributed by atoms with Crippen molar-refractivity contribution >= 4 is 12.0 Å². The molecule has 2 amide bonds. The number of nitrogens with zero attached hydrogens (tertiary/aromatic N) is 1. The van der Waals surface area contributed by atoms with E-state index in [0.29, 0.717) is 32.0 Å². The third-order valence-electron chi connectivity index (χ3n) is 5.90. The summed E-state index contributed by atoms with van der Waals surface area (Å²) in [6.07, 6.45) is 6.81. The van der Waals surface area contributed by atoms with E-state index in [1.165, 1.54) is 4.90 Å². The van der Waals surface area contributed by atoms with Gasteiger partial charge in [-0.3, -0.25) is 4.79 Å². The molecule has 2 atom stereocenters. The predicted molar refractivity (Wildman–Crippen MR) is 118 cm³/mol. The maximum absolute atomic E-state index is 13.3. The van der Waals surface area contributed by atoms with E-state index < -0.39 is 6.09 Å². The Bertz CT molecular complexity index is 892. The number of hydrogen-bond acceptors (Lipinski definition) is 4. The minimum Gasteiger partial charge on any atom is -0.447 e. The number of rotatable bonds is 10. The lowest BCUT2D eigenvalue weighted by molar-refractivity contribution is -0.134. The van der Waals surface area contributed by atoms with E-state index in [4.69, 9.17) is 9.47 Å². The molecule has 0 N–H and O–H groups in total. The van der Waals surface area contributed by atoms with E-state index in [-0.39, 0.29) is 24.5 Å². The van der Waals surface area contributed by atoms with Gasteiger partial charge in [-0.1, -0.05) is 72.8 Å². The van der Waals surface area contributed by atoms with Crippen molar-refractivity contribution in [3.8, 4) is 0 Å². The van der Waals surface area contributed by atoms with Crippen molar-refractivity contribution in [3.63, 3.8) is 0 Å². The molecule has 0 bridgehead atoms. The van der Waals surface area contributed by atoms with Gasteiger partial charge in [-0.2, -0.15) is 0 Å². The SMILES string of the molecule is O=C1OC[C@H](Cc2ccccc2)N1C(=O)[C@@H](CC=CCOCc1ccccc1)C1CC1. The van der Waals surface area contributed by atoms with Crippen molar-refractivity contribution in [2.75, 3.05) is 13.2 Å². The molecule has 2 aromatic rings. The summed E-state index contributed by atoms with van der Waals surface area (Å²) in [5.41, 5.74) is 2.24. The first kappa shape index (κ1) is 21.3. The number of carbonyl (C=O) groups is 2. The number of allylic oxidation sites excluding steroid dienone is 1. The molecule has 0 unspecified atom stereocenters. The fourth-order valence-corrected chi connectivity index (χ4v) is 4.07. The molecule has 1 aliphatic carbocycles. The highest BCUT2D eigenvalue weighted by molar-refractivity contribution is 5.95. The van der Waals surface area contributed by atoms with Crippen LogP contribution in [0.25, 0.3) is 0 Å². The highest BCUT2D eigenvalue weighted by Crippen LogP contribution is 2.40. The lowest BCUT2D eigenvalue weighted by atomic mass is 9.96. The Kier molecular flexibility index (Phi) is 7.15. The van der Waals surface area contributed by atoms with Gasteiger partial charge in [-0.15, -0.1) is 0 Å². The first-order valence-electron chi connectivity index (χ1n) is 11.0. The van der Waals surface area contributed by atoms with E-state index in [1.54, 1.807) is 0 Å². The van der Waals surface area contributed by atoms with Crippen LogP contribution in [-0.4, -0.2) is 36.2 Å². The van der Waals surface area contributed by atoms with E-state index in [0.717, 1.165) is 24.0 Å². The summed E-state index contributed by atoms with van der Waals surface area (Å²) in [4.78, 5) is 27.0. The molecule has 0 aromatic heterocycles. The third kappa shape index (κ3) is 5.82. The van der Waals surface area contributed by atoms with Gasteiger partial charge in [0.2, 0.25) is 5.91 Å². The molecule has 5 heteroatoms. The van der Waals surface area contributed by atoms with Crippen LogP contribution in [0.5, 0.6) is 0 Å². The monoisotopic (exact) mass is 419 g/mol. The molecular formula is C26H29NO4. The van der Waals surface area contributed by atoms with Gasteiger partial charge in [-0.25, -0.2) is 9.69 Å². The number of cyclic esters (lactones) is 1. The summed E-state index contributed by atoms with van der Waals surface area (Å²) >= 11 is 0. The molecular weight excluding hydrogens is 390 g/mol. The summed E-state index contributed by atoms with van der Waals surface area (Å²) in [5, 5.41) is 0. The zero-order chi connectivity index (χ0) is 21.5. The first-order valence-corrected chi connectivity index (χ1v) is 11.0. The largest absolute Gasteiger partial charge is 0.447 e. The summed E-state index contributed by atoms with van der Waals surface area (Å²) in [5.74, 6) is 0.0863. The maximum Gasteiger partial charge on any atom is 0.416 e. The van der Waals surface area contributed by atoms with Crippen LogP contribution in [-0.2, 0) is 27.3 Å². The molecule has 5 nitrogen and oxygen atoms in total. The average Bonchev–Trinajstić information content (AvgIpc) is 3.57. The Labute approximate surface area is 183 Å². The second kappa shape index (κ2) is 10.4. The van der Waals surface area contributed by atoms with Gasteiger partial charge in [0, 0.05) is 5.92 Å². The zero-order valence-corrected chi connectivity index (χ0v) is 17.7. The Morgan fingerprint density at radius 2 is 1.71 bits per heavy atom. The third-order valence-corrected chi connectivity index (χ3v) is 5.90. The highest BCUT2D eigenvalue weighted by atomic mass is 16.6. The average molecular weight is 420 g/mol. The molecule has 0 spiro atoms. The van der Waals surface area contributed by atoms with E-state index in [2.05, 4.69) is 0 Å². The minimum atomic E-state index is -0.508. The highest BCUT2D eigenvalue weighted by Gasteiger charge is 2.44. The smallest absolute Gasteiger partial charge is 0.416 e. The first-order chi connectivity index (χ1) is 15.2. The molecule has 0 radical (unpaired) electrons. The van der Waals surface area contributed by atoms with Crippen LogP contribution in [0, 0.1) is 11.8 Å². The summed E-state index contributed by atoms with van der Waals surface area (Å²) < 4.78 is 10.9. The lowest BCUT2D eigenvalue weighted by Gasteiger charge is -2.24. The Balaban J connectivity index is 1.31. The van der Waals surface area contributed by atoms with Gasteiger partial charge >= 0.3 is 6.09 Å². The number of ether oxygens (including phenoxy) is 2. The van der Waals surface area contributed by atoms with Crippen molar-refractivity contribution < 1.29 is 19.1 Å². The summed E-state index contributed by atoms with van der Waals surface area (Å²) in [6, 6.07) is 19.7. The summed E-state index contributed by atoms with van der Waals surface area (Å²) in [6.45, 7) is 1.33. The maximum atomic E-state index is 13.3. The molecule has 162 valence electrons. The standard InChI is InChI=1S/C26H29NO4/c28-25(27-23(19-31-26(27)29)17-20-9-3-1-4-10-20)24(22-14-15-22)13-7-8-16-30-18-21-11-5-2-6-12-21/h1-12,22-24H,13-19H2/t23-,24-/m0/s1. The van der Waals surface area contributed by atoms with Gasteiger partial charge in [0.15, 0.2) is 0 Å². The molecule has 2 fully saturated rings. The molecule has 1 heterocycles. The molecule has 2 aliphatic rings. The van der Waals surface area contributed by atoms with E-state index >= 15 is 0 Å².